The van der Waals surface area contributed by atoms with Gasteiger partial charge in [0.15, 0.2) is 0 Å². The molecule has 1 saturated heterocycles. The average molecular weight is 396 g/mol. The van der Waals surface area contributed by atoms with Crippen LogP contribution in [0.1, 0.15) is 40.9 Å². The van der Waals surface area contributed by atoms with Gasteiger partial charge in [-0.3, -0.25) is 10.2 Å². The van der Waals surface area contributed by atoms with E-state index in [0.717, 1.165) is 32.5 Å². The van der Waals surface area contributed by atoms with Crippen molar-refractivity contribution in [3.8, 4) is 0 Å². The lowest BCUT2D eigenvalue weighted by atomic mass is 10.0. The highest BCUT2D eigenvalue weighted by atomic mass is 16.3. The first-order chi connectivity index (χ1) is 14.1. The van der Waals surface area contributed by atoms with Crippen molar-refractivity contribution in [2.24, 2.45) is 5.92 Å². The molecule has 1 atom stereocenters. The van der Waals surface area contributed by atoms with Crippen molar-refractivity contribution in [1.29, 1.82) is 0 Å². The highest BCUT2D eigenvalue weighted by Crippen LogP contribution is 2.29. The number of carbonyl (C=O) groups is 1. The van der Waals surface area contributed by atoms with Crippen LogP contribution in [0.25, 0.3) is 0 Å². The molecular weight excluding hydrogens is 366 g/mol. The quantitative estimate of drug-likeness (QED) is 0.665. The van der Waals surface area contributed by atoms with E-state index in [9.17, 15) is 9.90 Å². The smallest absolute Gasteiger partial charge is 0.284 e. The van der Waals surface area contributed by atoms with Gasteiger partial charge in [-0.05, 0) is 67.9 Å². The summed E-state index contributed by atoms with van der Waals surface area (Å²) in [6.07, 6.45) is 6.88. The van der Waals surface area contributed by atoms with E-state index in [-0.39, 0.29) is 12.0 Å². The second-order valence-electron chi connectivity index (χ2n) is 8.17. The first-order valence-corrected chi connectivity index (χ1v) is 10.4. The number of nitrogens with one attached hydrogen (secondary N) is 1. The van der Waals surface area contributed by atoms with Gasteiger partial charge in [0, 0.05) is 38.1 Å². The van der Waals surface area contributed by atoms with Crippen molar-refractivity contribution in [2.75, 3.05) is 31.1 Å². The normalized spacial score (nSPS) is 19.0. The molecule has 1 aromatic carbocycles. The van der Waals surface area contributed by atoms with Crippen LogP contribution >= 0.6 is 0 Å². The third-order valence-electron chi connectivity index (χ3n) is 5.76. The SMILES string of the molecule is Cc1ccc(N2CC[C@H](O)C2)cc1CCN(CC1CC1)NC(=O)c1ccncn1. The lowest BCUT2D eigenvalue weighted by Crippen LogP contribution is -2.44. The summed E-state index contributed by atoms with van der Waals surface area (Å²) in [5.41, 5.74) is 7.11. The molecule has 7 nitrogen and oxygen atoms in total. The molecule has 7 heteroatoms. The van der Waals surface area contributed by atoms with Crippen LogP contribution in [0.15, 0.2) is 36.8 Å². The Morgan fingerprint density at radius 3 is 2.86 bits per heavy atom. The summed E-state index contributed by atoms with van der Waals surface area (Å²) in [6.45, 7) is 5.34. The van der Waals surface area contributed by atoms with E-state index in [1.54, 1.807) is 12.3 Å². The number of β-amino-alcohol motifs (C(OH)–C–C–N with tert-alkyl or cyclic N) is 1. The first kappa shape index (κ1) is 19.8. The van der Waals surface area contributed by atoms with Gasteiger partial charge in [0.2, 0.25) is 0 Å². The van der Waals surface area contributed by atoms with Gasteiger partial charge in [-0.1, -0.05) is 6.07 Å². The van der Waals surface area contributed by atoms with Crippen molar-refractivity contribution < 1.29 is 9.90 Å². The zero-order valence-electron chi connectivity index (χ0n) is 16.9. The van der Waals surface area contributed by atoms with E-state index in [0.29, 0.717) is 18.2 Å². The van der Waals surface area contributed by atoms with Gasteiger partial charge in [0.05, 0.1) is 6.10 Å². The molecule has 2 aliphatic rings. The monoisotopic (exact) mass is 395 g/mol. The Kier molecular flexibility index (Phi) is 6.06. The summed E-state index contributed by atoms with van der Waals surface area (Å²) in [4.78, 5) is 22.7. The highest BCUT2D eigenvalue weighted by Gasteiger charge is 2.26. The lowest BCUT2D eigenvalue weighted by molar-refractivity contribution is 0.0775. The number of amides is 1. The molecule has 2 N–H and O–H groups in total. The number of hydrogen-bond acceptors (Lipinski definition) is 6. The van der Waals surface area contributed by atoms with E-state index in [1.807, 2.05) is 5.01 Å². The summed E-state index contributed by atoms with van der Waals surface area (Å²) < 4.78 is 0. The van der Waals surface area contributed by atoms with Crippen molar-refractivity contribution >= 4 is 11.6 Å². The first-order valence-electron chi connectivity index (χ1n) is 10.4. The molecule has 2 heterocycles. The predicted molar refractivity (Wildman–Crippen MR) is 112 cm³/mol. The Morgan fingerprint density at radius 1 is 1.31 bits per heavy atom. The third kappa shape index (κ3) is 5.31. The number of hydrogen-bond donors (Lipinski definition) is 2. The van der Waals surface area contributed by atoms with E-state index < -0.39 is 0 Å². The fraction of sp³-hybridized carbons (Fsp3) is 0.500. The van der Waals surface area contributed by atoms with Gasteiger partial charge in [0.25, 0.3) is 5.91 Å². The molecule has 0 bridgehead atoms. The number of carbonyl (C=O) groups excluding carboxylic acids is 1. The van der Waals surface area contributed by atoms with Crippen molar-refractivity contribution in [2.45, 2.75) is 38.7 Å². The molecule has 1 amide bonds. The molecule has 154 valence electrons. The number of benzene rings is 1. The minimum Gasteiger partial charge on any atom is -0.391 e. The molecule has 1 aliphatic carbocycles. The van der Waals surface area contributed by atoms with Gasteiger partial charge < -0.3 is 10.0 Å². The molecule has 1 aromatic heterocycles. The van der Waals surface area contributed by atoms with Crippen LogP contribution < -0.4 is 10.3 Å². The van der Waals surface area contributed by atoms with Gasteiger partial charge >= 0.3 is 0 Å². The van der Waals surface area contributed by atoms with E-state index in [2.05, 4.69) is 45.4 Å². The number of anilines is 1. The molecular formula is C22H29N5O2. The second-order valence-corrected chi connectivity index (χ2v) is 8.17. The molecule has 1 saturated carbocycles. The minimum atomic E-state index is -0.231. The number of aromatic nitrogens is 2. The molecule has 0 radical (unpaired) electrons. The summed E-state index contributed by atoms with van der Waals surface area (Å²) in [5.74, 6) is 0.476. The van der Waals surface area contributed by atoms with E-state index in [4.69, 9.17) is 0 Å². The molecule has 2 aromatic rings. The third-order valence-corrected chi connectivity index (χ3v) is 5.76. The second kappa shape index (κ2) is 8.88. The Balaban J connectivity index is 1.41. The number of aryl methyl sites for hydroxylation is 1. The standard InChI is InChI=1S/C22H29N5O2/c1-16-2-5-19(26-10-8-20(28)14-26)12-18(16)7-11-27(13-17-3-4-17)25-22(29)21-6-9-23-15-24-21/h2,5-6,9,12,15,17,20,28H,3-4,7-8,10-11,13-14H2,1H3,(H,25,29)/t20-/m0/s1. The average Bonchev–Trinajstić information content (AvgIpc) is 3.45. The molecule has 29 heavy (non-hydrogen) atoms. The Bertz CT molecular complexity index is 840. The number of nitrogens with zero attached hydrogens (tertiary/aromatic N) is 4. The van der Waals surface area contributed by atoms with Crippen molar-refractivity contribution in [3.05, 3.63) is 53.6 Å². The Morgan fingerprint density at radius 2 is 2.17 bits per heavy atom. The maximum Gasteiger partial charge on any atom is 0.284 e. The largest absolute Gasteiger partial charge is 0.391 e. The van der Waals surface area contributed by atoms with Crippen LogP contribution in [-0.2, 0) is 6.42 Å². The van der Waals surface area contributed by atoms with Gasteiger partial charge in [-0.2, -0.15) is 0 Å². The number of rotatable bonds is 8. The fourth-order valence-electron chi connectivity index (χ4n) is 3.79. The number of hydrazine groups is 1. The fourth-order valence-corrected chi connectivity index (χ4v) is 3.79. The van der Waals surface area contributed by atoms with Crippen LogP contribution in [0.2, 0.25) is 0 Å². The topological polar surface area (TPSA) is 81.6 Å². The maximum atomic E-state index is 12.5. The number of aliphatic hydroxyl groups excluding tert-OH is 1. The van der Waals surface area contributed by atoms with Crippen LogP contribution in [0.3, 0.4) is 0 Å². The maximum absolute atomic E-state index is 12.5. The summed E-state index contributed by atoms with van der Waals surface area (Å²) in [7, 11) is 0. The summed E-state index contributed by atoms with van der Waals surface area (Å²) >= 11 is 0. The van der Waals surface area contributed by atoms with E-state index >= 15 is 0 Å². The van der Waals surface area contributed by atoms with E-state index in [1.165, 1.54) is 36.0 Å². The van der Waals surface area contributed by atoms with Crippen LogP contribution in [0.5, 0.6) is 0 Å². The molecule has 2 fully saturated rings. The molecule has 4 rings (SSSR count). The Labute approximate surface area is 171 Å². The summed E-state index contributed by atoms with van der Waals surface area (Å²) in [6, 6.07) is 8.15. The van der Waals surface area contributed by atoms with Crippen LogP contribution in [0.4, 0.5) is 5.69 Å². The predicted octanol–water partition coefficient (Wildman–Crippen LogP) is 1.96. The van der Waals surface area contributed by atoms with Crippen LogP contribution in [-0.4, -0.2) is 58.3 Å². The minimum absolute atomic E-state index is 0.190. The number of aliphatic hydroxyl groups is 1. The molecule has 0 unspecified atom stereocenters. The van der Waals surface area contributed by atoms with Gasteiger partial charge in [0.1, 0.15) is 12.0 Å². The molecule has 1 aliphatic heterocycles. The zero-order valence-corrected chi connectivity index (χ0v) is 16.9. The highest BCUT2D eigenvalue weighted by molar-refractivity contribution is 5.91. The lowest BCUT2D eigenvalue weighted by Gasteiger charge is -2.24. The van der Waals surface area contributed by atoms with Crippen molar-refractivity contribution in [1.82, 2.24) is 20.4 Å². The van der Waals surface area contributed by atoms with Gasteiger partial charge in [-0.25, -0.2) is 15.0 Å². The van der Waals surface area contributed by atoms with Crippen molar-refractivity contribution in [3.63, 3.8) is 0 Å². The summed E-state index contributed by atoms with van der Waals surface area (Å²) in [5, 5.41) is 11.9. The zero-order chi connectivity index (χ0) is 20.2. The van der Waals surface area contributed by atoms with Gasteiger partial charge in [-0.15, -0.1) is 0 Å². The van der Waals surface area contributed by atoms with Crippen LogP contribution in [0, 0.1) is 12.8 Å². The Hall–Kier alpha value is -2.51. The molecule has 0 spiro atoms.